The fourth-order valence-corrected chi connectivity index (χ4v) is 3.58. The molecule has 2 rings (SSSR count). The summed E-state index contributed by atoms with van der Waals surface area (Å²) in [6.07, 6.45) is -0.722. The van der Waals surface area contributed by atoms with E-state index >= 15 is 0 Å². The minimum atomic E-state index is -0.963. The number of hydrogen-bond acceptors (Lipinski definition) is 6. The number of carbonyl (C=O) groups excluding carboxylic acids is 3. The zero-order valence-corrected chi connectivity index (χ0v) is 18.0. The minimum Gasteiger partial charge on any atom is -0.444 e. The monoisotopic (exact) mass is 431 g/mol. The summed E-state index contributed by atoms with van der Waals surface area (Å²) >= 11 is 6.99. The van der Waals surface area contributed by atoms with Gasteiger partial charge in [-0.15, -0.1) is 11.3 Å². The van der Waals surface area contributed by atoms with Crippen LogP contribution in [0.4, 0.5) is 4.79 Å². The maximum atomic E-state index is 13.0. The quantitative estimate of drug-likeness (QED) is 0.745. The molecule has 2 atom stereocenters. The van der Waals surface area contributed by atoms with Gasteiger partial charge in [0.05, 0.1) is 28.5 Å². The molecule has 1 aromatic heterocycles. The molecule has 0 saturated carbocycles. The van der Waals surface area contributed by atoms with E-state index < -0.39 is 17.7 Å². The fraction of sp³-hybridized carbons (Fsp3) is 0.611. The lowest BCUT2D eigenvalue weighted by atomic mass is 10.1. The number of carbonyl (C=O) groups is 3. The topological polar surface area (TPSA) is 97.0 Å². The van der Waals surface area contributed by atoms with Crippen molar-refractivity contribution in [1.29, 1.82) is 0 Å². The van der Waals surface area contributed by atoms with Gasteiger partial charge in [-0.1, -0.05) is 11.6 Å². The summed E-state index contributed by atoms with van der Waals surface area (Å²) in [5.74, 6) is -0.665. The van der Waals surface area contributed by atoms with E-state index in [4.69, 9.17) is 21.1 Å². The number of hydrogen-bond donors (Lipinski definition) is 2. The molecule has 1 fully saturated rings. The van der Waals surface area contributed by atoms with E-state index in [0.29, 0.717) is 29.0 Å². The molecule has 1 unspecified atom stereocenters. The van der Waals surface area contributed by atoms with Crippen molar-refractivity contribution < 1.29 is 23.9 Å². The molecule has 3 amide bonds. The highest BCUT2D eigenvalue weighted by Gasteiger charge is 2.32. The van der Waals surface area contributed by atoms with Crippen molar-refractivity contribution in [3.63, 3.8) is 0 Å². The molecule has 0 spiro atoms. The maximum absolute atomic E-state index is 13.0. The van der Waals surface area contributed by atoms with Crippen LogP contribution in [0.5, 0.6) is 0 Å². The Hall–Kier alpha value is -1.84. The number of halogens is 1. The first-order valence-electron chi connectivity index (χ1n) is 8.98. The normalized spacial score (nSPS) is 18.3. The number of alkyl carbamates (subject to hydrolysis) is 1. The van der Waals surface area contributed by atoms with Crippen LogP contribution in [0.3, 0.4) is 0 Å². The number of nitrogens with one attached hydrogen (secondary N) is 2. The molecule has 10 heteroatoms. The average molecular weight is 432 g/mol. The summed E-state index contributed by atoms with van der Waals surface area (Å²) < 4.78 is 11.1. The highest BCUT2D eigenvalue weighted by atomic mass is 35.5. The third-order valence-electron chi connectivity index (χ3n) is 3.90. The summed E-state index contributed by atoms with van der Waals surface area (Å²) in [7, 11) is 0. The second-order valence-electron chi connectivity index (χ2n) is 7.47. The SMILES string of the molecule is CC1COCCN1C(=O)[C@H](CNC(=O)c1ccc(Cl)s1)NC(=O)OC(C)(C)C. The van der Waals surface area contributed by atoms with Crippen LogP contribution in [0.25, 0.3) is 0 Å². The van der Waals surface area contributed by atoms with Crippen molar-refractivity contribution >= 4 is 40.8 Å². The first kappa shape index (κ1) is 22.4. The van der Waals surface area contributed by atoms with E-state index in [1.165, 1.54) is 0 Å². The van der Waals surface area contributed by atoms with E-state index in [1.807, 2.05) is 6.92 Å². The molecule has 1 saturated heterocycles. The fourth-order valence-electron chi connectivity index (χ4n) is 2.62. The van der Waals surface area contributed by atoms with Gasteiger partial charge in [0.25, 0.3) is 5.91 Å². The summed E-state index contributed by atoms with van der Waals surface area (Å²) in [4.78, 5) is 39.5. The molecule has 156 valence electrons. The van der Waals surface area contributed by atoms with E-state index in [-0.39, 0.29) is 24.4 Å². The van der Waals surface area contributed by atoms with Crippen LogP contribution >= 0.6 is 22.9 Å². The van der Waals surface area contributed by atoms with Crippen LogP contribution in [0.1, 0.15) is 37.4 Å². The summed E-state index contributed by atoms with van der Waals surface area (Å²) in [5, 5.41) is 5.25. The Morgan fingerprint density at radius 2 is 2.11 bits per heavy atom. The van der Waals surface area contributed by atoms with Crippen LogP contribution < -0.4 is 10.6 Å². The molecule has 0 aromatic carbocycles. The van der Waals surface area contributed by atoms with Crippen LogP contribution in [0.15, 0.2) is 12.1 Å². The van der Waals surface area contributed by atoms with Crippen molar-refractivity contribution in [2.45, 2.75) is 45.4 Å². The first-order valence-corrected chi connectivity index (χ1v) is 10.2. The lowest BCUT2D eigenvalue weighted by molar-refractivity contribution is -0.141. The van der Waals surface area contributed by atoms with Gasteiger partial charge in [-0.2, -0.15) is 0 Å². The molecule has 1 aliphatic rings. The smallest absolute Gasteiger partial charge is 0.408 e. The lowest BCUT2D eigenvalue weighted by Gasteiger charge is -2.36. The number of thiophene rings is 1. The number of amides is 3. The van der Waals surface area contributed by atoms with Crippen molar-refractivity contribution in [2.24, 2.45) is 0 Å². The van der Waals surface area contributed by atoms with Crippen LogP contribution in [0, 0.1) is 0 Å². The number of morpholine rings is 1. The molecule has 8 nitrogen and oxygen atoms in total. The zero-order valence-electron chi connectivity index (χ0n) is 16.4. The van der Waals surface area contributed by atoms with Crippen molar-refractivity contribution in [2.75, 3.05) is 26.3 Å². The molecule has 2 N–H and O–H groups in total. The third-order valence-corrected chi connectivity index (χ3v) is 5.13. The van der Waals surface area contributed by atoms with Gasteiger partial charge in [0.2, 0.25) is 5.91 Å². The van der Waals surface area contributed by atoms with Crippen molar-refractivity contribution in [3.05, 3.63) is 21.3 Å². The largest absolute Gasteiger partial charge is 0.444 e. The highest BCUT2D eigenvalue weighted by molar-refractivity contribution is 7.17. The Bertz CT molecular complexity index is 718. The van der Waals surface area contributed by atoms with Gasteiger partial charge < -0.3 is 25.0 Å². The molecular formula is C18H26ClN3O5S. The Morgan fingerprint density at radius 3 is 2.68 bits per heavy atom. The van der Waals surface area contributed by atoms with Crippen LogP contribution in [0.2, 0.25) is 4.34 Å². The Kier molecular flexibility index (Phi) is 7.68. The van der Waals surface area contributed by atoms with Gasteiger partial charge in [0.15, 0.2) is 0 Å². The average Bonchev–Trinajstić information content (AvgIpc) is 3.03. The van der Waals surface area contributed by atoms with E-state index in [1.54, 1.807) is 37.8 Å². The molecule has 0 aliphatic carbocycles. The van der Waals surface area contributed by atoms with Crippen LogP contribution in [-0.2, 0) is 14.3 Å². The maximum Gasteiger partial charge on any atom is 0.408 e. The highest BCUT2D eigenvalue weighted by Crippen LogP contribution is 2.21. The predicted octanol–water partition coefficient (Wildman–Crippen LogP) is 2.27. The predicted molar refractivity (Wildman–Crippen MR) is 107 cm³/mol. The third kappa shape index (κ3) is 6.65. The van der Waals surface area contributed by atoms with Gasteiger partial charge in [-0.25, -0.2) is 4.79 Å². The molecular weight excluding hydrogens is 406 g/mol. The van der Waals surface area contributed by atoms with E-state index in [0.717, 1.165) is 11.3 Å². The Morgan fingerprint density at radius 1 is 1.39 bits per heavy atom. The van der Waals surface area contributed by atoms with Crippen molar-refractivity contribution in [3.8, 4) is 0 Å². The number of ether oxygens (including phenoxy) is 2. The number of nitrogens with zero attached hydrogens (tertiary/aromatic N) is 1. The summed E-state index contributed by atoms with van der Waals surface area (Å²) in [6.45, 7) is 8.26. The number of rotatable bonds is 5. The van der Waals surface area contributed by atoms with Gasteiger partial charge in [0.1, 0.15) is 11.6 Å². The summed E-state index contributed by atoms with van der Waals surface area (Å²) in [5.41, 5.74) is -0.707. The molecule has 2 heterocycles. The van der Waals surface area contributed by atoms with Gasteiger partial charge in [0, 0.05) is 13.1 Å². The lowest BCUT2D eigenvalue weighted by Crippen LogP contribution is -2.58. The van der Waals surface area contributed by atoms with Crippen molar-refractivity contribution in [1.82, 2.24) is 15.5 Å². The standard InChI is InChI=1S/C18H26ClN3O5S/c1-11-10-26-8-7-22(11)16(24)12(21-17(25)27-18(2,3)4)9-20-15(23)13-5-6-14(19)28-13/h5-6,11-12H,7-10H2,1-4H3,(H,20,23)(H,21,25)/t11?,12-/m0/s1. The second kappa shape index (κ2) is 9.58. The summed E-state index contributed by atoms with van der Waals surface area (Å²) in [6, 6.07) is 2.13. The first-order chi connectivity index (χ1) is 13.1. The molecule has 1 aromatic rings. The minimum absolute atomic E-state index is 0.0729. The molecule has 28 heavy (non-hydrogen) atoms. The van der Waals surface area contributed by atoms with Gasteiger partial charge >= 0.3 is 6.09 Å². The van der Waals surface area contributed by atoms with Gasteiger partial charge in [-0.3, -0.25) is 9.59 Å². The Labute approximate surface area is 173 Å². The zero-order chi connectivity index (χ0) is 20.9. The second-order valence-corrected chi connectivity index (χ2v) is 9.18. The van der Waals surface area contributed by atoms with Crippen LogP contribution in [-0.4, -0.2) is 66.8 Å². The van der Waals surface area contributed by atoms with E-state index in [2.05, 4.69) is 10.6 Å². The molecule has 0 radical (unpaired) electrons. The van der Waals surface area contributed by atoms with E-state index in [9.17, 15) is 14.4 Å². The Balaban J connectivity index is 2.07. The van der Waals surface area contributed by atoms with Gasteiger partial charge in [-0.05, 0) is 39.8 Å². The molecule has 0 bridgehead atoms. The molecule has 1 aliphatic heterocycles.